The Morgan fingerprint density at radius 2 is 2.06 bits per heavy atom. The number of aliphatic carboxylic acids is 1. The van der Waals surface area contributed by atoms with Crippen molar-refractivity contribution in [2.24, 2.45) is 5.92 Å². The lowest BCUT2D eigenvalue weighted by molar-refractivity contribution is -0.141. The van der Waals surface area contributed by atoms with Crippen LogP contribution in [0, 0.1) is 5.92 Å². The van der Waals surface area contributed by atoms with Crippen LogP contribution in [0.15, 0.2) is 11.1 Å². The number of carboxylic acids is 1. The maximum Gasteiger partial charge on any atom is 0.306 e. The molecule has 0 aliphatic heterocycles. The number of hydrogen-bond acceptors (Lipinski definition) is 2. The molecular formula is C13H19NO3. The molecule has 0 aromatic rings. The minimum atomic E-state index is -0.738. The van der Waals surface area contributed by atoms with Crippen molar-refractivity contribution in [1.29, 1.82) is 0 Å². The summed E-state index contributed by atoms with van der Waals surface area (Å²) in [6, 6.07) is 0.0458. The summed E-state index contributed by atoms with van der Waals surface area (Å²) in [5.74, 6) is -0.993. The maximum atomic E-state index is 12.0. The van der Waals surface area contributed by atoms with Crippen LogP contribution in [0.25, 0.3) is 0 Å². The molecule has 1 fully saturated rings. The number of hydrogen-bond donors (Lipinski definition) is 2. The second kappa shape index (κ2) is 4.90. The fraction of sp³-hybridized carbons (Fsp3) is 0.692. The minimum Gasteiger partial charge on any atom is -0.481 e. The lowest BCUT2D eigenvalue weighted by atomic mass is 10.1. The lowest BCUT2D eigenvalue weighted by Gasteiger charge is -2.13. The summed E-state index contributed by atoms with van der Waals surface area (Å²) in [6.07, 6.45) is 5.00. The summed E-state index contributed by atoms with van der Waals surface area (Å²) < 4.78 is 0. The van der Waals surface area contributed by atoms with Gasteiger partial charge in [0.25, 0.3) is 0 Å². The lowest BCUT2D eigenvalue weighted by Crippen LogP contribution is -2.34. The van der Waals surface area contributed by atoms with Crippen LogP contribution in [-0.4, -0.2) is 23.0 Å². The third-order valence-electron chi connectivity index (χ3n) is 3.88. The van der Waals surface area contributed by atoms with Crippen LogP contribution in [0.1, 0.15) is 45.4 Å². The number of nitrogens with one attached hydrogen (secondary N) is 1. The van der Waals surface area contributed by atoms with Gasteiger partial charge in [0.15, 0.2) is 0 Å². The first-order chi connectivity index (χ1) is 8.08. The zero-order valence-corrected chi connectivity index (χ0v) is 10.2. The standard InChI is InChI=1S/C13H19NO3/c1-8-3-2-4-11(8)12(15)14-10-6-5-9(7-10)13(16)17/h9-10H,2-7H2,1H3,(H,14,15)(H,16,17)/t9-,10+/m1/s1. The minimum absolute atomic E-state index is 0.0241. The van der Waals surface area contributed by atoms with Gasteiger partial charge in [0.1, 0.15) is 0 Å². The molecule has 0 aromatic carbocycles. The first-order valence-electron chi connectivity index (χ1n) is 6.30. The Labute approximate surface area is 101 Å². The molecule has 0 heterocycles. The van der Waals surface area contributed by atoms with E-state index in [1.54, 1.807) is 0 Å². The van der Waals surface area contributed by atoms with Crippen molar-refractivity contribution in [3.63, 3.8) is 0 Å². The summed E-state index contributed by atoms with van der Waals surface area (Å²) in [4.78, 5) is 22.8. The Morgan fingerprint density at radius 3 is 2.59 bits per heavy atom. The average molecular weight is 237 g/mol. The van der Waals surface area contributed by atoms with Crippen molar-refractivity contribution in [2.45, 2.75) is 51.5 Å². The Kier molecular flexibility index (Phi) is 3.50. The van der Waals surface area contributed by atoms with Gasteiger partial charge >= 0.3 is 5.97 Å². The van der Waals surface area contributed by atoms with Crippen molar-refractivity contribution < 1.29 is 14.7 Å². The van der Waals surface area contributed by atoms with Gasteiger partial charge in [-0.2, -0.15) is 0 Å². The van der Waals surface area contributed by atoms with E-state index < -0.39 is 5.97 Å². The maximum absolute atomic E-state index is 12.0. The van der Waals surface area contributed by atoms with Gasteiger partial charge in [0.2, 0.25) is 5.91 Å². The fourth-order valence-electron chi connectivity index (χ4n) is 2.81. The third kappa shape index (κ3) is 2.68. The predicted molar refractivity (Wildman–Crippen MR) is 63.5 cm³/mol. The molecule has 0 spiro atoms. The van der Waals surface area contributed by atoms with Crippen LogP contribution in [-0.2, 0) is 9.59 Å². The van der Waals surface area contributed by atoms with Gasteiger partial charge < -0.3 is 10.4 Å². The van der Waals surface area contributed by atoms with Crippen molar-refractivity contribution in [3.8, 4) is 0 Å². The van der Waals surface area contributed by atoms with E-state index in [2.05, 4.69) is 5.32 Å². The second-order valence-corrected chi connectivity index (χ2v) is 5.13. The molecule has 94 valence electrons. The molecule has 1 amide bonds. The van der Waals surface area contributed by atoms with E-state index in [9.17, 15) is 9.59 Å². The smallest absolute Gasteiger partial charge is 0.306 e. The van der Waals surface area contributed by atoms with E-state index in [-0.39, 0.29) is 17.9 Å². The number of carbonyl (C=O) groups excluding carboxylic acids is 1. The van der Waals surface area contributed by atoms with Crippen molar-refractivity contribution in [1.82, 2.24) is 5.32 Å². The highest BCUT2D eigenvalue weighted by atomic mass is 16.4. The Balaban J connectivity index is 1.88. The van der Waals surface area contributed by atoms with Crippen molar-refractivity contribution >= 4 is 11.9 Å². The summed E-state index contributed by atoms with van der Waals surface area (Å²) in [5, 5.41) is 11.9. The molecule has 0 radical (unpaired) electrons. The summed E-state index contributed by atoms with van der Waals surface area (Å²) >= 11 is 0. The Hall–Kier alpha value is -1.32. The molecule has 0 bridgehead atoms. The molecule has 2 aliphatic rings. The first kappa shape index (κ1) is 12.1. The van der Waals surface area contributed by atoms with Gasteiger partial charge in [0.05, 0.1) is 5.92 Å². The van der Waals surface area contributed by atoms with Crippen LogP contribution < -0.4 is 5.32 Å². The number of carbonyl (C=O) groups is 2. The van der Waals surface area contributed by atoms with E-state index in [0.717, 1.165) is 31.3 Å². The molecule has 2 N–H and O–H groups in total. The quantitative estimate of drug-likeness (QED) is 0.787. The average Bonchev–Trinajstić information content (AvgIpc) is 2.86. The van der Waals surface area contributed by atoms with Crippen LogP contribution in [0.3, 0.4) is 0 Å². The van der Waals surface area contributed by atoms with E-state index in [1.807, 2.05) is 6.92 Å². The molecule has 2 rings (SSSR count). The normalized spacial score (nSPS) is 28.5. The summed E-state index contributed by atoms with van der Waals surface area (Å²) in [7, 11) is 0. The van der Waals surface area contributed by atoms with E-state index in [4.69, 9.17) is 5.11 Å². The van der Waals surface area contributed by atoms with E-state index >= 15 is 0 Å². The summed E-state index contributed by atoms with van der Waals surface area (Å²) in [5.41, 5.74) is 2.11. The van der Waals surface area contributed by atoms with E-state index in [0.29, 0.717) is 12.8 Å². The van der Waals surface area contributed by atoms with Gasteiger partial charge in [-0.05, 0) is 45.4 Å². The van der Waals surface area contributed by atoms with Crippen LogP contribution in [0.2, 0.25) is 0 Å². The predicted octanol–water partition coefficient (Wildman–Crippen LogP) is 1.86. The molecule has 0 aromatic heterocycles. The molecule has 1 saturated carbocycles. The van der Waals surface area contributed by atoms with Crippen LogP contribution in [0.4, 0.5) is 0 Å². The second-order valence-electron chi connectivity index (χ2n) is 5.13. The highest BCUT2D eigenvalue weighted by Crippen LogP contribution is 2.28. The van der Waals surface area contributed by atoms with Crippen LogP contribution in [0.5, 0.6) is 0 Å². The van der Waals surface area contributed by atoms with Gasteiger partial charge in [-0.1, -0.05) is 5.57 Å². The zero-order valence-electron chi connectivity index (χ0n) is 10.2. The molecule has 4 heteroatoms. The fourth-order valence-corrected chi connectivity index (χ4v) is 2.81. The third-order valence-corrected chi connectivity index (χ3v) is 3.88. The molecular weight excluding hydrogens is 218 g/mol. The highest BCUT2D eigenvalue weighted by Gasteiger charge is 2.31. The zero-order chi connectivity index (χ0) is 12.4. The van der Waals surface area contributed by atoms with Crippen molar-refractivity contribution in [2.75, 3.05) is 0 Å². The molecule has 2 aliphatic carbocycles. The van der Waals surface area contributed by atoms with Gasteiger partial charge in [-0.3, -0.25) is 9.59 Å². The number of carboxylic acid groups (broad SMARTS) is 1. The molecule has 0 unspecified atom stereocenters. The molecule has 4 nitrogen and oxygen atoms in total. The number of rotatable bonds is 3. The Bertz CT molecular complexity index is 373. The number of allylic oxidation sites excluding steroid dienone is 1. The van der Waals surface area contributed by atoms with Gasteiger partial charge in [-0.25, -0.2) is 0 Å². The van der Waals surface area contributed by atoms with Crippen LogP contribution >= 0.6 is 0 Å². The molecule has 17 heavy (non-hydrogen) atoms. The van der Waals surface area contributed by atoms with Gasteiger partial charge in [-0.15, -0.1) is 0 Å². The SMILES string of the molecule is CC1=C(C(=O)N[C@H]2CC[C@@H](C(=O)O)C2)CCC1. The Morgan fingerprint density at radius 1 is 1.29 bits per heavy atom. The van der Waals surface area contributed by atoms with E-state index in [1.165, 1.54) is 5.57 Å². The summed E-state index contributed by atoms with van der Waals surface area (Å²) in [6.45, 7) is 2.01. The van der Waals surface area contributed by atoms with Gasteiger partial charge in [0, 0.05) is 11.6 Å². The van der Waals surface area contributed by atoms with Crippen molar-refractivity contribution in [3.05, 3.63) is 11.1 Å². The largest absolute Gasteiger partial charge is 0.481 e. The monoisotopic (exact) mass is 237 g/mol. The number of amides is 1. The first-order valence-corrected chi connectivity index (χ1v) is 6.30. The topological polar surface area (TPSA) is 66.4 Å². The molecule has 2 atom stereocenters. The highest BCUT2D eigenvalue weighted by molar-refractivity contribution is 5.94. The molecule has 0 saturated heterocycles.